The summed E-state index contributed by atoms with van der Waals surface area (Å²) in [6, 6.07) is 6.46. The summed E-state index contributed by atoms with van der Waals surface area (Å²) in [6.07, 6.45) is -1.51. The van der Waals surface area contributed by atoms with Crippen molar-refractivity contribution < 1.29 is 18.0 Å². The van der Waals surface area contributed by atoms with Crippen LogP contribution in [0.25, 0.3) is 0 Å². The number of anilines is 1. The molecule has 1 saturated heterocycles. The molecule has 1 aliphatic heterocycles. The number of aromatic nitrogens is 1. The highest BCUT2D eigenvalue weighted by Gasteiger charge is 2.31. The molecule has 1 amide bonds. The summed E-state index contributed by atoms with van der Waals surface area (Å²) in [6.45, 7) is 2.47. The first-order valence-corrected chi connectivity index (χ1v) is 9.40. The van der Waals surface area contributed by atoms with Gasteiger partial charge in [0.2, 0.25) is 5.91 Å². The normalized spacial score (nSPS) is 15.8. The van der Waals surface area contributed by atoms with E-state index in [1.165, 1.54) is 10.9 Å². The maximum absolute atomic E-state index is 12.6. The van der Waals surface area contributed by atoms with Gasteiger partial charge in [-0.1, -0.05) is 6.07 Å². The molecule has 2 aromatic heterocycles. The van der Waals surface area contributed by atoms with Crippen molar-refractivity contribution in [2.45, 2.75) is 25.4 Å². The van der Waals surface area contributed by atoms with Crippen molar-refractivity contribution in [2.24, 2.45) is 0 Å². The molecule has 8 heteroatoms. The highest BCUT2D eigenvalue weighted by molar-refractivity contribution is 7.09. The minimum atomic E-state index is -4.38. The second-order valence-electron chi connectivity index (χ2n) is 6.20. The van der Waals surface area contributed by atoms with E-state index in [0.717, 1.165) is 25.1 Å². The van der Waals surface area contributed by atoms with E-state index in [-0.39, 0.29) is 5.91 Å². The molecule has 0 bridgehead atoms. The van der Waals surface area contributed by atoms with Gasteiger partial charge >= 0.3 is 6.18 Å². The van der Waals surface area contributed by atoms with Crippen molar-refractivity contribution in [3.05, 3.63) is 46.3 Å². The molecule has 4 nitrogen and oxygen atoms in total. The maximum Gasteiger partial charge on any atom is 0.417 e. The first-order chi connectivity index (χ1) is 12.4. The third-order valence-electron chi connectivity index (χ3n) is 4.41. The van der Waals surface area contributed by atoms with Crippen LogP contribution in [0.2, 0.25) is 0 Å². The van der Waals surface area contributed by atoms with Crippen molar-refractivity contribution in [1.29, 1.82) is 0 Å². The van der Waals surface area contributed by atoms with Crippen LogP contribution in [0, 0.1) is 0 Å². The summed E-state index contributed by atoms with van der Waals surface area (Å²) in [5.41, 5.74) is -0.749. The van der Waals surface area contributed by atoms with E-state index in [2.05, 4.69) is 4.98 Å². The minimum Gasteiger partial charge on any atom is -0.355 e. The summed E-state index contributed by atoms with van der Waals surface area (Å²) < 4.78 is 37.9. The number of alkyl halides is 3. The average molecular weight is 383 g/mol. The number of aryl methyl sites for hydroxylation is 1. The topological polar surface area (TPSA) is 36.4 Å². The Morgan fingerprint density at radius 2 is 2.00 bits per heavy atom. The van der Waals surface area contributed by atoms with E-state index in [4.69, 9.17) is 0 Å². The van der Waals surface area contributed by atoms with Gasteiger partial charge in [0.25, 0.3) is 0 Å². The Hall–Kier alpha value is -2.09. The number of carbonyl (C=O) groups is 1. The second kappa shape index (κ2) is 8.07. The fraction of sp³-hybridized carbons (Fsp3) is 0.444. The SMILES string of the molecule is O=C(CCc1cccs1)N1CCCN(c2ccc(C(F)(F)F)cn2)CC1. The maximum atomic E-state index is 12.6. The van der Waals surface area contributed by atoms with Crippen LogP contribution in [0.5, 0.6) is 0 Å². The lowest BCUT2D eigenvalue weighted by Crippen LogP contribution is -2.35. The average Bonchev–Trinajstić information content (AvgIpc) is 3.01. The van der Waals surface area contributed by atoms with Crippen molar-refractivity contribution in [3.63, 3.8) is 0 Å². The van der Waals surface area contributed by atoms with Crippen LogP contribution in [0.3, 0.4) is 0 Å². The number of nitrogens with zero attached hydrogens (tertiary/aromatic N) is 3. The lowest BCUT2D eigenvalue weighted by Gasteiger charge is -2.23. The number of rotatable bonds is 4. The van der Waals surface area contributed by atoms with Crippen LogP contribution in [-0.2, 0) is 17.4 Å². The van der Waals surface area contributed by atoms with E-state index in [0.29, 0.717) is 38.4 Å². The lowest BCUT2D eigenvalue weighted by atomic mass is 10.2. The number of halogens is 3. The van der Waals surface area contributed by atoms with Crippen LogP contribution < -0.4 is 4.90 Å². The predicted molar refractivity (Wildman–Crippen MR) is 95.3 cm³/mol. The Labute approximate surface area is 154 Å². The molecule has 0 aromatic carbocycles. The zero-order chi connectivity index (χ0) is 18.6. The fourth-order valence-electron chi connectivity index (χ4n) is 2.98. The zero-order valence-electron chi connectivity index (χ0n) is 14.2. The van der Waals surface area contributed by atoms with Crippen molar-refractivity contribution in [2.75, 3.05) is 31.1 Å². The molecule has 1 aliphatic rings. The van der Waals surface area contributed by atoms with Crippen molar-refractivity contribution in [1.82, 2.24) is 9.88 Å². The number of carbonyl (C=O) groups excluding carboxylic acids is 1. The largest absolute Gasteiger partial charge is 0.417 e. The quantitative estimate of drug-likeness (QED) is 0.805. The van der Waals surface area contributed by atoms with E-state index in [9.17, 15) is 18.0 Å². The molecule has 3 rings (SSSR count). The van der Waals surface area contributed by atoms with Gasteiger partial charge in [0, 0.05) is 43.7 Å². The molecule has 1 fully saturated rings. The molecule has 0 spiro atoms. The summed E-state index contributed by atoms with van der Waals surface area (Å²) in [5.74, 6) is 0.645. The monoisotopic (exact) mass is 383 g/mol. The first-order valence-electron chi connectivity index (χ1n) is 8.52. The molecule has 0 N–H and O–H groups in total. The van der Waals surface area contributed by atoms with Gasteiger partial charge in [0.1, 0.15) is 5.82 Å². The van der Waals surface area contributed by atoms with Gasteiger partial charge < -0.3 is 9.80 Å². The number of pyridine rings is 1. The summed E-state index contributed by atoms with van der Waals surface area (Å²) in [7, 11) is 0. The molecule has 140 valence electrons. The van der Waals surface area contributed by atoms with Gasteiger partial charge in [-0.25, -0.2) is 4.98 Å². The fourth-order valence-corrected chi connectivity index (χ4v) is 3.69. The van der Waals surface area contributed by atoms with Gasteiger partial charge in [-0.2, -0.15) is 13.2 Å². The van der Waals surface area contributed by atoms with Crippen molar-refractivity contribution in [3.8, 4) is 0 Å². The van der Waals surface area contributed by atoms with Crippen LogP contribution in [-0.4, -0.2) is 42.0 Å². The number of thiophene rings is 1. The van der Waals surface area contributed by atoms with Crippen LogP contribution in [0.1, 0.15) is 23.3 Å². The first kappa shape index (κ1) is 18.7. The molecular weight excluding hydrogens is 363 g/mol. The van der Waals surface area contributed by atoms with Crippen LogP contribution in [0.15, 0.2) is 35.8 Å². The van der Waals surface area contributed by atoms with E-state index in [1.807, 2.05) is 27.3 Å². The molecular formula is C18H20F3N3OS. The van der Waals surface area contributed by atoms with Crippen LogP contribution in [0.4, 0.5) is 19.0 Å². The Morgan fingerprint density at radius 1 is 1.15 bits per heavy atom. The molecule has 0 radical (unpaired) electrons. The smallest absolute Gasteiger partial charge is 0.355 e. The third kappa shape index (κ3) is 4.75. The van der Waals surface area contributed by atoms with Gasteiger partial charge in [-0.3, -0.25) is 4.79 Å². The Kier molecular flexibility index (Phi) is 5.80. The molecule has 0 unspecified atom stereocenters. The van der Waals surface area contributed by atoms with Gasteiger partial charge in [-0.05, 0) is 36.4 Å². The molecule has 3 heterocycles. The number of hydrogen-bond donors (Lipinski definition) is 0. The number of hydrogen-bond acceptors (Lipinski definition) is 4. The zero-order valence-corrected chi connectivity index (χ0v) is 15.0. The molecule has 26 heavy (non-hydrogen) atoms. The summed E-state index contributed by atoms with van der Waals surface area (Å²) >= 11 is 1.65. The standard InChI is InChI=1S/C18H20F3N3OS/c19-18(20,21)14-4-6-16(22-13-14)23-8-2-9-24(11-10-23)17(25)7-5-15-3-1-12-26-15/h1,3-4,6,12-13H,2,5,7-11H2. The second-order valence-corrected chi connectivity index (χ2v) is 7.24. The third-order valence-corrected chi connectivity index (χ3v) is 5.35. The van der Waals surface area contributed by atoms with E-state index >= 15 is 0 Å². The number of amides is 1. The van der Waals surface area contributed by atoms with E-state index < -0.39 is 11.7 Å². The molecule has 0 aliphatic carbocycles. The van der Waals surface area contributed by atoms with Crippen LogP contribution >= 0.6 is 11.3 Å². The predicted octanol–water partition coefficient (Wildman–Crippen LogP) is 3.83. The van der Waals surface area contributed by atoms with Crippen molar-refractivity contribution >= 4 is 23.1 Å². The lowest BCUT2D eigenvalue weighted by molar-refractivity contribution is -0.137. The molecule has 0 atom stereocenters. The summed E-state index contributed by atoms with van der Waals surface area (Å²) in [5, 5.41) is 2.00. The minimum absolute atomic E-state index is 0.126. The Morgan fingerprint density at radius 3 is 2.65 bits per heavy atom. The van der Waals surface area contributed by atoms with Gasteiger partial charge in [-0.15, -0.1) is 11.3 Å². The van der Waals surface area contributed by atoms with E-state index in [1.54, 1.807) is 11.3 Å². The highest BCUT2D eigenvalue weighted by Crippen LogP contribution is 2.29. The molecule has 0 saturated carbocycles. The highest BCUT2D eigenvalue weighted by atomic mass is 32.1. The summed E-state index contributed by atoms with van der Waals surface area (Å²) in [4.78, 5) is 21.4. The Bertz CT molecular complexity index is 716. The van der Waals surface area contributed by atoms with Gasteiger partial charge in [0.05, 0.1) is 5.56 Å². The Balaban J connectivity index is 1.55. The van der Waals surface area contributed by atoms with Gasteiger partial charge in [0.15, 0.2) is 0 Å². The molecule has 2 aromatic rings.